The second-order valence-electron chi connectivity index (χ2n) is 3.47. The van der Waals surface area contributed by atoms with Crippen LogP contribution < -0.4 is 5.56 Å². The average Bonchev–Trinajstić information content (AvgIpc) is 2.73. The summed E-state index contributed by atoms with van der Waals surface area (Å²) < 4.78 is 3.24. The van der Waals surface area contributed by atoms with E-state index in [1.54, 1.807) is 34.9 Å². The molecule has 1 N–H and O–H groups in total. The molecule has 0 unspecified atom stereocenters. The zero-order valence-corrected chi connectivity index (χ0v) is 10.3. The van der Waals surface area contributed by atoms with Crippen molar-refractivity contribution in [3.8, 4) is 5.69 Å². The van der Waals surface area contributed by atoms with E-state index in [-0.39, 0.29) is 5.75 Å². The summed E-state index contributed by atoms with van der Waals surface area (Å²) in [6.45, 7) is 0. The zero-order valence-electron chi connectivity index (χ0n) is 9.48. The molecular weight excluding hydrogens is 256 g/mol. The van der Waals surface area contributed by atoms with E-state index >= 15 is 0 Å². The smallest absolute Gasteiger partial charge is 0.313 e. The molecular formula is C10H10N4O3S. The molecule has 0 atom stereocenters. The van der Waals surface area contributed by atoms with Gasteiger partial charge in [-0.2, -0.15) is 10.1 Å². The van der Waals surface area contributed by atoms with Crippen LogP contribution in [0.25, 0.3) is 5.69 Å². The monoisotopic (exact) mass is 266 g/mol. The summed E-state index contributed by atoms with van der Waals surface area (Å²) in [7, 11) is 1.77. The first kappa shape index (κ1) is 12.4. The molecule has 0 aliphatic heterocycles. The minimum atomic E-state index is -0.962. The van der Waals surface area contributed by atoms with Gasteiger partial charge in [0, 0.05) is 25.5 Å². The number of aryl methyl sites for hydroxylation is 1. The molecule has 2 aromatic heterocycles. The SMILES string of the molecule is Cn1cc(-n2ccc(=O)nc2SCC(=O)O)cn1. The number of carboxylic acids is 1. The number of hydrogen-bond acceptors (Lipinski definition) is 5. The topological polar surface area (TPSA) is 90.0 Å². The van der Waals surface area contributed by atoms with Gasteiger partial charge in [0.1, 0.15) is 0 Å². The second kappa shape index (κ2) is 5.05. The van der Waals surface area contributed by atoms with Crippen LogP contribution in [0.4, 0.5) is 0 Å². The number of hydrogen-bond donors (Lipinski definition) is 1. The average molecular weight is 266 g/mol. The van der Waals surface area contributed by atoms with Gasteiger partial charge in [0.15, 0.2) is 5.16 Å². The highest BCUT2D eigenvalue weighted by atomic mass is 32.2. The number of carbonyl (C=O) groups is 1. The molecule has 0 saturated carbocycles. The molecule has 0 aromatic carbocycles. The fraction of sp³-hybridized carbons (Fsp3) is 0.200. The highest BCUT2D eigenvalue weighted by Gasteiger charge is 2.09. The van der Waals surface area contributed by atoms with Crippen molar-refractivity contribution in [3.63, 3.8) is 0 Å². The molecule has 0 fully saturated rings. The summed E-state index contributed by atoms with van der Waals surface area (Å²) >= 11 is 0.989. The van der Waals surface area contributed by atoms with Crippen LogP contribution >= 0.6 is 11.8 Å². The molecule has 0 spiro atoms. The van der Waals surface area contributed by atoms with Gasteiger partial charge in [-0.15, -0.1) is 0 Å². The Kier molecular flexibility index (Phi) is 3.47. The van der Waals surface area contributed by atoms with E-state index in [0.29, 0.717) is 5.16 Å². The Bertz CT molecular complexity index is 634. The molecule has 0 radical (unpaired) electrons. The Labute approximate surface area is 106 Å². The Balaban J connectivity index is 2.40. The van der Waals surface area contributed by atoms with Gasteiger partial charge in [0.05, 0.1) is 17.6 Å². The number of carboxylic acid groups (broad SMARTS) is 1. The highest BCUT2D eigenvalue weighted by Crippen LogP contribution is 2.17. The second-order valence-corrected chi connectivity index (χ2v) is 4.42. The van der Waals surface area contributed by atoms with E-state index in [2.05, 4.69) is 10.1 Å². The largest absolute Gasteiger partial charge is 0.481 e. The Hall–Kier alpha value is -2.09. The first-order valence-corrected chi connectivity index (χ1v) is 5.98. The summed E-state index contributed by atoms with van der Waals surface area (Å²) in [4.78, 5) is 25.6. The van der Waals surface area contributed by atoms with Crippen LogP contribution in [0.5, 0.6) is 0 Å². The van der Waals surface area contributed by atoms with Crippen LogP contribution in [-0.2, 0) is 11.8 Å². The lowest BCUT2D eigenvalue weighted by molar-refractivity contribution is -0.133. The molecule has 18 heavy (non-hydrogen) atoms. The van der Waals surface area contributed by atoms with Gasteiger partial charge in [-0.3, -0.25) is 18.8 Å². The summed E-state index contributed by atoms with van der Waals surface area (Å²) in [5, 5.41) is 13.0. The number of aliphatic carboxylic acids is 1. The van der Waals surface area contributed by atoms with Gasteiger partial charge in [-0.1, -0.05) is 11.8 Å². The number of rotatable bonds is 4. The van der Waals surface area contributed by atoms with Crippen molar-refractivity contribution >= 4 is 17.7 Å². The van der Waals surface area contributed by atoms with Crippen LogP contribution in [0.3, 0.4) is 0 Å². The van der Waals surface area contributed by atoms with E-state index in [1.807, 2.05) is 0 Å². The minimum absolute atomic E-state index is 0.156. The van der Waals surface area contributed by atoms with Crippen LogP contribution in [0.2, 0.25) is 0 Å². The van der Waals surface area contributed by atoms with E-state index in [0.717, 1.165) is 17.4 Å². The maximum atomic E-state index is 11.2. The first-order valence-electron chi connectivity index (χ1n) is 4.99. The van der Waals surface area contributed by atoms with Crippen molar-refractivity contribution in [2.75, 3.05) is 5.75 Å². The molecule has 0 bridgehead atoms. The van der Waals surface area contributed by atoms with Crippen molar-refractivity contribution in [3.05, 3.63) is 35.0 Å². The van der Waals surface area contributed by atoms with Crippen LogP contribution in [0.15, 0.2) is 34.6 Å². The molecule has 2 heterocycles. The predicted octanol–water partition coefficient (Wildman–Crippen LogP) is 0.143. The number of thioether (sulfide) groups is 1. The quantitative estimate of drug-likeness (QED) is 0.625. The Morgan fingerprint density at radius 2 is 2.33 bits per heavy atom. The molecule has 0 amide bonds. The minimum Gasteiger partial charge on any atom is -0.481 e. The fourth-order valence-electron chi connectivity index (χ4n) is 1.34. The van der Waals surface area contributed by atoms with Crippen molar-refractivity contribution < 1.29 is 9.90 Å². The number of nitrogens with zero attached hydrogens (tertiary/aromatic N) is 4. The van der Waals surface area contributed by atoms with Crippen molar-refractivity contribution in [1.82, 2.24) is 19.3 Å². The van der Waals surface area contributed by atoms with Crippen molar-refractivity contribution in [2.24, 2.45) is 7.05 Å². The maximum absolute atomic E-state index is 11.2. The highest BCUT2D eigenvalue weighted by molar-refractivity contribution is 7.99. The fourth-order valence-corrected chi connectivity index (χ4v) is 2.06. The first-order chi connectivity index (χ1) is 8.56. The van der Waals surface area contributed by atoms with Crippen LogP contribution in [0.1, 0.15) is 0 Å². The lowest BCUT2D eigenvalue weighted by atomic mass is 10.5. The Morgan fingerprint density at radius 3 is 2.94 bits per heavy atom. The van der Waals surface area contributed by atoms with Crippen molar-refractivity contribution in [1.29, 1.82) is 0 Å². The van der Waals surface area contributed by atoms with Gasteiger partial charge >= 0.3 is 5.97 Å². The van der Waals surface area contributed by atoms with E-state index in [4.69, 9.17) is 5.11 Å². The summed E-state index contributed by atoms with van der Waals surface area (Å²) in [6.07, 6.45) is 4.91. The third-order valence-corrected chi connectivity index (χ3v) is 3.01. The van der Waals surface area contributed by atoms with Crippen LogP contribution in [-0.4, -0.2) is 36.2 Å². The van der Waals surface area contributed by atoms with E-state index in [1.165, 1.54) is 6.07 Å². The van der Waals surface area contributed by atoms with Gasteiger partial charge < -0.3 is 5.11 Å². The van der Waals surface area contributed by atoms with E-state index < -0.39 is 11.5 Å². The summed E-state index contributed by atoms with van der Waals surface area (Å²) in [5.74, 6) is -1.12. The lowest BCUT2D eigenvalue weighted by Crippen LogP contribution is -2.13. The van der Waals surface area contributed by atoms with Gasteiger partial charge in [-0.05, 0) is 0 Å². The molecule has 2 rings (SSSR count). The van der Waals surface area contributed by atoms with Gasteiger partial charge in [0.2, 0.25) is 0 Å². The summed E-state index contributed by atoms with van der Waals surface area (Å²) in [5.41, 5.74) is 0.320. The molecule has 0 aliphatic carbocycles. The molecule has 94 valence electrons. The van der Waals surface area contributed by atoms with Gasteiger partial charge in [-0.25, -0.2) is 0 Å². The van der Waals surface area contributed by atoms with Crippen molar-refractivity contribution in [2.45, 2.75) is 5.16 Å². The molecule has 2 aromatic rings. The number of aromatic nitrogens is 4. The Morgan fingerprint density at radius 1 is 1.56 bits per heavy atom. The molecule has 7 nitrogen and oxygen atoms in total. The third kappa shape index (κ3) is 2.77. The third-order valence-electron chi connectivity index (χ3n) is 2.07. The van der Waals surface area contributed by atoms with Gasteiger partial charge in [0.25, 0.3) is 5.56 Å². The van der Waals surface area contributed by atoms with E-state index in [9.17, 15) is 9.59 Å². The lowest BCUT2D eigenvalue weighted by Gasteiger charge is -2.07. The maximum Gasteiger partial charge on any atom is 0.313 e. The summed E-state index contributed by atoms with van der Waals surface area (Å²) in [6, 6.07) is 1.32. The zero-order chi connectivity index (χ0) is 13.1. The molecule has 8 heteroatoms. The molecule has 0 saturated heterocycles. The predicted molar refractivity (Wildman–Crippen MR) is 65.0 cm³/mol. The standard InChI is InChI=1S/C10H10N4O3S/c1-13-5-7(4-11-13)14-3-2-8(15)12-10(14)18-6-9(16)17/h2-5H,6H2,1H3,(H,16,17). The molecule has 0 aliphatic rings. The normalized spacial score (nSPS) is 10.5. The van der Waals surface area contributed by atoms with Crippen LogP contribution in [0, 0.1) is 0 Å².